The van der Waals surface area contributed by atoms with Gasteiger partial charge in [-0.1, -0.05) is 26.0 Å². The highest BCUT2D eigenvalue weighted by Gasteiger charge is 2.03. The van der Waals surface area contributed by atoms with Gasteiger partial charge in [0.05, 0.1) is 0 Å². The summed E-state index contributed by atoms with van der Waals surface area (Å²) in [6.45, 7) is 7.63. The Morgan fingerprint density at radius 2 is 1.69 bits per heavy atom. The Labute approximate surface area is 99.5 Å². The maximum absolute atomic E-state index is 5.82. The fraction of sp³-hybridized carbons (Fsp3) is 0.571. The summed E-state index contributed by atoms with van der Waals surface area (Å²) in [5.74, 6) is 0.755. The Morgan fingerprint density at radius 1 is 1.12 bits per heavy atom. The van der Waals surface area contributed by atoms with Crippen LogP contribution in [0, 0.1) is 5.92 Å². The van der Waals surface area contributed by atoms with E-state index in [-0.39, 0.29) is 6.04 Å². The number of nitrogens with two attached hydrogens (primary N) is 1. The van der Waals surface area contributed by atoms with Gasteiger partial charge in [0.25, 0.3) is 0 Å². The molecule has 0 spiro atoms. The summed E-state index contributed by atoms with van der Waals surface area (Å²) >= 11 is 0. The van der Waals surface area contributed by atoms with Gasteiger partial charge < -0.3 is 10.6 Å². The normalized spacial score (nSPS) is 12.9. The molecule has 0 fully saturated rings. The van der Waals surface area contributed by atoms with Crippen LogP contribution < -0.4 is 10.6 Å². The molecule has 90 valence electrons. The molecule has 0 unspecified atom stereocenters. The first-order valence-corrected chi connectivity index (χ1v) is 6.07. The molecule has 0 amide bonds. The number of rotatable bonds is 5. The molecule has 0 heterocycles. The second kappa shape index (κ2) is 5.90. The van der Waals surface area contributed by atoms with E-state index in [0.29, 0.717) is 0 Å². The molecule has 0 aliphatic heterocycles. The van der Waals surface area contributed by atoms with Crippen LogP contribution in [0.2, 0.25) is 0 Å². The van der Waals surface area contributed by atoms with Crippen molar-refractivity contribution in [3.8, 4) is 0 Å². The summed E-state index contributed by atoms with van der Waals surface area (Å²) in [7, 11) is 2.14. The van der Waals surface area contributed by atoms with E-state index in [0.717, 1.165) is 12.5 Å². The van der Waals surface area contributed by atoms with Crippen LogP contribution in [0.5, 0.6) is 0 Å². The lowest BCUT2D eigenvalue weighted by Gasteiger charge is -2.21. The van der Waals surface area contributed by atoms with Crippen LogP contribution in [-0.4, -0.2) is 13.6 Å². The van der Waals surface area contributed by atoms with Crippen molar-refractivity contribution in [3.05, 3.63) is 29.8 Å². The zero-order chi connectivity index (χ0) is 12.1. The van der Waals surface area contributed by atoms with Gasteiger partial charge in [-0.25, -0.2) is 0 Å². The summed E-state index contributed by atoms with van der Waals surface area (Å²) in [5.41, 5.74) is 8.29. The number of benzene rings is 1. The molecule has 16 heavy (non-hydrogen) atoms. The van der Waals surface area contributed by atoms with Crippen molar-refractivity contribution in [1.29, 1.82) is 0 Å². The average Bonchev–Trinajstić information content (AvgIpc) is 2.26. The van der Waals surface area contributed by atoms with Crippen molar-refractivity contribution in [2.45, 2.75) is 33.2 Å². The standard InChI is InChI=1S/C14H24N2/c1-11(2)9-10-16(4)14-7-5-13(6-8-14)12(3)15/h5-8,11-12H,9-10,15H2,1-4H3/t12-/m1/s1. The van der Waals surface area contributed by atoms with Gasteiger partial charge in [0, 0.05) is 25.3 Å². The number of hydrogen-bond acceptors (Lipinski definition) is 2. The van der Waals surface area contributed by atoms with Crippen molar-refractivity contribution in [2.75, 3.05) is 18.5 Å². The summed E-state index contributed by atoms with van der Waals surface area (Å²) in [6, 6.07) is 8.66. The first-order valence-electron chi connectivity index (χ1n) is 6.07. The lowest BCUT2D eigenvalue weighted by molar-refractivity contribution is 0.585. The summed E-state index contributed by atoms with van der Waals surface area (Å²) in [4.78, 5) is 2.30. The summed E-state index contributed by atoms with van der Waals surface area (Å²) in [5, 5.41) is 0. The molecule has 0 aliphatic rings. The number of anilines is 1. The quantitative estimate of drug-likeness (QED) is 0.825. The summed E-state index contributed by atoms with van der Waals surface area (Å²) < 4.78 is 0. The molecule has 2 nitrogen and oxygen atoms in total. The van der Waals surface area contributed by atoms with Crippen molar-refractivity contribution in [1.82, 2.24) is 0 Å². The second-order valence-corrected chi connectivity index (χ2v) is 4.98. The average molecular weight is 220 g/mol. The minimum atomic E-state index is 0.120. The van der Waals surface area contributed by atoms with Crippen molar-refractivity contribution in [2.24, 2.45) is 11.7 Å². The first-order chi connectivity index (χ1) is 7.50. The highest BCUT2D eigenvalue weighted by molar-refractivity contribution is 5.47. The minimum absolute atomic E-state index is 0.120. The molecule has 0 aromatic heterocycles. The largest absolute Gasteiger partial charge is 0.375 e. The SMILES string of the molecule is CC(C)CCN(C)c1ccc([C@@H](C)N)cc1. The molecule has 2 N–H and O–H groups in total. The van der Waals surface area contributed by atoms with E-state index in [1.54, 1.807) is 0 Å². The molecule has 0 aliphatic carbocycles. The first kappa shape index (κ1) is 13.0. The molecular weight excluding hydrogens is 196 g/mol. The number of nitrogens with zero attached hydrogens (tertiary/aromatic N) is 1. The van der Waals surface area contributed by atoms with E-state index in [1.165, 1.54) is 17.7 Å². The molecular formula is C14H24N2. The van der Waals surface area contributed by atoms with Crippen molar-refractivity contribution < 1.29 is 0 Å². The van der Waals surface area contributed by atoms with Gasteiger partial charge in [0.1, 0.15) is 0 Å². The van der Waals surface area contributed by atoms with E-state index in [4.69, 9.17) is 5.73 Å². The Kier molecular flexibility index (Phi) is 4.81. The Hall–Kier alpha value is -1.02. The van der Waals surface area contributed by atoms with Crippen LogP contribution in [-0.2, 0) is 0 Å². The lowest BCUT2D eigenvalue weighted by Crippen LogP contribution is -2.19. The maximum atomic E-state index is 5.82. The molecule has 1 atom stereocenters. The second-order valence-electron chi connectivity index (χ2n) is 4.98. The van der Waals surface area contributed by atoms with E-state index in [9.17, 15) is 0 Å². The highest BCUT2D eigenvalue weighted by Crippen LogP contribution is 2.17. The van der Waals surface area contributed by atoms with Crippen LogP contribution in [0.15, 0.2) is 24.3 Å². The molecule has 1 rings (SSSR count). The van der Waals surface area contributed by atoms with Crippen molar-refractivity contribution >= 4 is 5.69 Å². The molecule has 1 aromatic rings. The fourth-order valence-corrected chi connectivity index (χ4v) is 1.61. The monoisotopic (exact) mass is 220 g/mol. The van der Waals surface area contributed by atoms with E-state index < -0.39 is 0 Å². The maximum Gasteiger partial charge on any atom is 0.0363 e. The van der Waals surface area contributed by atoms with Crippen molar-refractivity contribution in [3.63, 3.8) is 0 Å². The Bertz CT molecular complexity index is 301. The molecule has 0 saturated heterocycles. The van der Waals surface area contributed by atoms with Crippen LogP contribution >= 0.6 is 0 Å². The zero-order valence-corrected chi connectivity index (χ0v) is 10.9. The van der Waals surface area contributed by atoms with Crippen LogP contribution in [0.4, 0.5) is 5.69 Å². The predicted octanol–water partition coefficient (Wildman–Crippen LogP) is 3.19. The predicted molar refractivity (Wildman–Crippen MR) is 71.8 cm³/mol. The molecule has 0 saturated carbocycles. The van der Waals surface area contributed by atoms with Crippen LogP contribution in [0.1, 0.15) is 38.8 Å². The third kappa shape index (κ3) is 3.86. The molecule has 1 aromatic carbocycles. The van der Waals surface area contributed by atoms with E-state index in [1.807, 2.05) is 6.92 Å². The Balaban J connectivity index is 2.59. The van der Waals surface area contributed by atoms with E-state index >= 15 is 0 Å². The van der Waals surface area contributed by atoms with E-state index in [2.05, 4.69) is 50.1 Å². The molecule has 0 radical (unpaired) electrons. The van der Waals surface area contributed by atoms with Gasteiger partial charge in [-0.15, -0.1) is 0 Å². The van der Waals surface area contributed by atoms with Gasteiger partial charge in [-0.3, -0.25) is 0 Å². The Morgan fingerprint density at radius 3 is 2.12 bits per heavy atom. The number of hydrogen-bond donors (Lipinski definition) is 1. The summed E-state index contributed by atoms with van der Waals surface area (Å²) in [6.07, 6.45) is 1.23. The highest BCUT2D eigenvalue weighted by atomic mass is 15.1. The smallest absolute Gasteiger partial charge is 0.0363 e. The van der Waals surface area contributed by atoms with Gasteiger partial charge in [0.2, 0.25) is 0 Å². The zero-order valence-electron chi connectivity index (χ0n) is 10.9. The molecule has 2 heteroatoms. The minimum Gasteiger partial charge on any atom is -0.375 e. The van der Waals surface area contributed by atoms with Crippen LogP contribution in [0.25, 0.3) is 0 Å². The third-order valence-corrected chi connectivity index (χ3v) is 2.90. The lowest BCUT2D eigenvalue weighted by atomic mass is 10.1. The van der Waals surface area contributed by atoms with Gasteiger partial charge >= 0.3 is 0 Å². The van der Waals surface area contributed by atoms with Crippen LogP contribution in [0.3, 0.4) is 0 Å². The molecule has 0 bridgehead atoms. The van der Waals surface area contributed by atoms with Gasteiger partial charge in [-0.05, 0) is 37.0 Å². The van der Waals surface area contributed by atoms with Gasteiger partial charge in [-0.2, -0.15) is 0 Å². The fourth-order valence-electron chi connectivity index (χ4n) is 1.61. The van der Waals surface area contributed by atoms with Gasteiger partial charge in [0.15, 0.2) is 0 Å². The third-order valence-electron chi connectivity index (χ3n) is 2.90. The topological polar surface area (TPSA) is 29.3 Å².